The summed E-state index contributed by atoms with van der Waals surface area (Å²) in [4.78, 5) is 17.3. The highest BCUT2D eigenvalue weighted by Gasteiger charge is 2.22. The molecule has 9 nitrogen and oxygen atoms in total. The molecule has 0 bridgehead atoms. The Hall–Kier alpha value is -2.94. The van der Waals surface area contributed by atoms with Gasteiger partial charge >= 0.3 is 0 Å². The number of piperidine rings is 1. The van der Waals surface area contributed by atoms with E-state index in [1.165, 1.54) is 38.5 Å². The Morgan fingerprint density at radius 2 is 1.88 bits per heavy atom. The standard InChI is InChI=1S/C25H35N7O2/c1-2-19-7-3-4-16-31(19)18-21-9-8-20(34-21)17-26-25(33)13-12-23-28-27-22-10-11-24(29-32(22)23)30-14-5-6-15-30/h8-11,19H,2-7,12-18H2,1H3,(H,26,33). The highest BCUT2D eigenvalue weighted by molar-refractivity contribution is 5.76. The number of amides is 1. The lowest BCUT2D eigenvalue weighted by Crippen LogP contribution is -2.38. The van der Waals surface area contributed by atoms with Crippen LogP contribution in [-0.2, 0) is 24.3 Å². The molecule has 1 N–H and O–H groups in total. The molecule has 3 aromatic rings. The molecule has 34 heavy (non-hydrogen) atoms. The monoisotopic (exact) mass is 465 g/mol. The summed E-state index contributed by atoms with van der Waals surface area (Å²) in [6.07, 6.45) is 8.25. The van der Waals surface area contributed by atoms with Crippen LogP contribution >= 0.6 is 0 Å². The van der Waals surface area contributed by atoms with Crippen LogP contribution in [0.1, 0.15) is 69.2 Å². The minimum Gasteiger partial charge on any atom is -0.463 e. The number of nitrogens with one attached hydrogen (secondary N) is 1. The molecule has 0 aliphatic carbocycles. The fourth-order valence-electron chi connectivity index (χ4n) is 5.13. The van der Waals surface area contributed by atoms with Crippen LogP contribution in [0.4, 0.5) is 5.82 Å². The van der Waals surface area contributed by atoms with Crippen molar-refractivity contribution < 1.29 is 9.21 Å². The smallest absolute Gasteiger partial charge is 0.220 e. The third-order valence-corrected chi connectivity index (χ3v) is 7.08. The highest BCUT2D eigenvalue weighted by Crippen LogP contribution is 2.22. The number of likely N-dealkylation sites (tertiary alicyclic amines) is 1. The predicted molar refractivity (Wildman–Crippen MR) is 129 cm³/mol. The SMILES string of the molecule is CCC1CCCCN1Cc1ccc(CNC(=O)CCc2nnc3ccc(N4CCCC4)nn23)o1. The van der Waals surface area contributed by atoms with E-state index in [0.717, 1.165) is 43.5 Å². The quantitative estimate of drug-likeness (QED) is 0.518. The fourth-order valence-corrected chi connectivity index (χ4v) is 5.13. The summed E-state index contributed by atoms with van der Waals surface area (Å²) in [6.45, 7) is 6.70. The number of anilines is 1. The zero-order chi connectivity index (χ0) is 23.3. The number of aryl methyl sites for hydroxylation is 1. The van der Waals surface area contributed by atoms with Gasteiger partial charge in [-0.2, -0.15) is 4.52 Å². The van der Waals surface area contributed by atoms with Gasteiger partial charge in [0.2, 0.25) is 5.91 Å². The molecule has 2 aliphatic heterocycles. The lowest BCUT2D eigenvalue weighted by atomic mass is 10.00. The van der Waals surface area contributed by atoms with Gasteiger partial charge in [0, 0.05) is 32.0 Å². The molecule has 0 aromatic carbocycles. The molecule has 2 saturated heterocycles. The number of aromatic nitrogens is 4. The second-order valence-corrected chi connectivity index (χ2v) is 9.44. The Morgan fingerprint density at radius 1 is 1.06 bits per heavy atom. The molecule has 0 saturated carbocycles. The van der Waals surface area contributed by atoms with Gasteiger partial charge in [-0.25, -0.2) is 0 Å². The van der Waals surface area contributed by atoms with Crippen LogP contribution in [0, 0.1) is 0 Å². The van der Waals surface area contributed by atoms with Gasteiger partial charge in [-0.3, -0.25) is 9.69 Å². The van der Waals surface area contributed by atoms with Crippen LogP contribution < -0.4 is 10.2 Å². The topological polar surface area (TPSA) is 91.8 Å². The molecule has 2 aliphatic rings. The van der Waals surface area contributed by atoms with E-state index >= 15 is 0 Å². The first-order valence-electron chi connectivity index (χ1n) is 12.7. The van der Waals surface area contributed by atoms with E-state index in [4.69, 9.17) is 9.52 Å². The van der Waals surface area contributed by atoms with Crippen LogP contribution in [0.3, 0.4) is 0 Å². The lowest BCUT2D eigenvalue weighted by molar-refractivity contribution is -0.121. The van der Waals surface area contributed by atoms with Crippen molar-refractivity contribution in [2.24, 2.45) is 0 Å². The molecule has 0 radical (unpaired) electrons. The van der Waals surface area contributed by atoms with E-state index in [1.807, 2.05) is 24.3 Å². The lowest BCUT2D eigenvalue weighted by Gasteiger charge is -2.34. The van der Waals surface area contributed by atoms with E-state index < -0.39 is 0 Å². The maximum absolute atomic E-state index is 12.5. The van der Waals surface area contributed by atoms with Crippen LogP contribution in [0.2, 0.25) is 0 Å². The number of hydrogen-bond donors (Lipinski definition) is 1. The summed E-state index contributed by atoms with van der Waals surface area (Å²) >= 11 is 0. The zero-order valence-corrected chi connectivity index (χ0v) is 20.1. The molecule has 9 heteroatoms. The molecule has 2 fully saturated rings. The summed E-state index contributed by atoms with van der Waals surface area (Å²) < 4.78 is 7.77. The number of fused-ring (bicyclic) bond motifs is 1. The van der Waals surface area contributed by atoms with Crippen molar-refractivity contribution in [1.29, 1.82) is 0 Å². The number of carbonyl (C=O) groups is 1. The largest absolute Gasteiger partial charge is 0.463 e. The minimum atomic E-state index is -0.0347. The van der Waals surface area contributed by atoms with Crippen molar-refractivity contribution in [3.8, 4) is 0 Å². The van der Waals surface area contributed by atoms with Crippen molar-refractivity contribution in [2.75, 3.05) is 24.5 Å². The fraction of sp³-hybridized carbons (Fsp3) is 0.600. The Bertz CT molecular complexity index is 1100. The average molecular weight is 466 g/mol. The van der Waals surface area contributed by atoms with E-state index in [2.05, 4.69) is 32.2 Å². The minimum absolute atomic E-state index is 0.0347. The third-order valence-electron chi connectivity index (χ3n) is 7.08. The predicted octanol–water partition coefficient (Wildman–Crippen LogP) is 3.33. The summed E-state index contributed by atoms with van der Waals surface area (Å²) in [7, 11) is 0. The molecular formula is C25H35N7O2. The van der Waals surface area contributed by atoms with Crippen molar-refractivity contribution in [3.05, 3.63) is 41.6 Å². The molecule has 1 atom stereocenters. The van der Waals surface area contributed by atoms with Gasteiger partial charge in [0.15, 0.2) is 11.5 Å². The Balaban J connectivity index is 1.12. The van der Waals surface area contributed by atoms with Crippen molar-refractivity contribution in [1.82, 2.24) is 30.0 Å². The Kier molecular flexibility index (Phi) is 7.08. The van der Waals surface area contributed by atoms with Crippen molar-refractivity contribution in [3.63, 3.8) is 0 Å². The molecule has 5 heterocycles. The molecule has 3 aromatic heterocycles. The third kappa shape index (κ3) is 5.24. The zero-order valence-electron chi connectivity index (χ0n) is 20.1. The van der Waals surface area contributed by atoms with Gasteiger partial charge < -0.3 is 14.6 Å². The normalized spacial score (nSPS) is 19.2. The highest BCUT2D eigenvalue weighted by atomic mass is 16.3. The average Bonchev–Trinajstić information content (AvgIpc) is 3.63. The van der Waals surface area contributed by atoms with Gasteiger partial charge in [-0.05, 0) is 62.9 Å². The molecule has 1 amide bonds. The van der Waals surface area contributed by atoms with Gasteiger partial charge in [0.25, 0.3) is 0 Å². The number of furan rings is 1. The molecule has 1 unspecified atom stereocenters. The number of carbonyl (C=O) groups excluding carboxylic acids is 1. The number of hydrogen-bond acceptors (Lipinski definition) is 7. The van der Waals surface area contributed by atoms with Crippen LogP contribution in [0.25, 0.3) is 5.65 Å². The van der Waals surface area contributed by atoms with Gasteiger partial charge in [-0.15, -0.1) is 15.3 Å². The Morgan fingerprint density at radius 3 is 2.74 bits per heavy atom. The molecule has 5 rings (SSSR count). The second kappa shape index (κ2) is 10.5. The number of nitrogens with zero attached hydrogens (tertiary/aromatic N) is 6. The van der Waals surface area contributed by atoms with E-state index in [9.17, 15) is 4.79 Å². The molecule has 182 valence electrons. The first-order chi connectivity index (χ1) is 16.7. The van der Waals surface area contributed by atoms with Crippen LogP contribution in [-0.4, -0.2) is 56.3 Å². The van der Waals surface area contributed by atoms with Crippen molar-refractivity contribution in [2.45, 2.75) is 77.4 Å². The van der Waals surface area contributed by atoms with E-state index in [1.54, 1.807) is 4.52 Å². The maximum atomic E-state index is 12.5. The molecule has 0 spiro atoms. The summed E-state index contributed by atoms with van der Waals surface area (Å²) in [6, 6.07) is 8.59. The van der Waals surface area contributed by atoms with Gasteiger partial charge in [0.05, 0.1) is 13.1 Å². The number of rotatable bonds is 9. The van der Waals surface area contributed by atoms with E-state index in [0.29, 0.717) is 36.9 Å². The van der Waals surface area contributed by atoms with Crippen LogP contribution in [0.5, 0.6) is 0 Å². The summed E-state index contributed by atoms with van der Waals surface area (Å²) in [5.41, 5.74) is 0.709. The van der Waals surface area contributed by atoms with Crippen molar-refractivity contribution >= 4 is 17.4 Å². The van der Waals surface area contributed by atoms with Crippen LogP contribution in [0.15, 0.2) is 28.7 Å². The first-order valence-corrected chi connectivity index (χ1v) is 12.7. The van der Waals surface area contributed by atoms with Gasteiger partial charge in [-0.1, -0.05) is 13.3 Å². The van der Waals surface area contributed by atoms with E-state index in [-0.39, 0.29) is 5.91 Å². The second-order valence-electron chi connectivity index (χ2n) is 9.44. The maximum Gasteiger partial charge on any atom is 0.220 e. The summed E-state index contributed by atoms with van der Waals surface area (Å²) in [5.74, 6) is 3.38. The molecular weight excluding hydrogens is 430 g/mol. The summed E-state index contributed by atoms with van der Waals surface area (Å²) in [5, 5.41) is 16.1. The first kappa shape index (κ1) is 22.8. The Labute approximate surface area is 200 Å². The van der Waals surface area contributed by atoms with Gasteiger partial charge in [0.1, 0.15) is 17.3 Å².